The zero-order valence-corrected chi connectivity index (χ0v) is 17.9. The van der Waals surface area contributed by atoms with Gasteiger partial charge in [0.1, 0.15) is 11.6 Å². The number of rotatable bonds is 6. The van der Waals surface area contributed by atoms with Gasteiger partial charge >= 0.3 is 5.97 Å². The Morgan fingerprint density at radius 1 is 1.25 bits per heavy atom. The molecular formula is C23H27F2N3O4. The van der Waals surface area contributed by atoms with Crippen LogP contribution in [0.5, 0.6) is 0 Å². The molecule has 0 radical (unpaired) electrons. The molecule has 7 nitrogen and oxygen atoms in total. The second kappa shape index (κ2) is 9.36. The fourth-order valence-corrected chi connectivity index (χ4v) is 5.12. The van der Waals surface area contributed by atoms with Crippen molar-refractivity contribution in [3.05, 3.63) is 41.6 Å². The Balaban J connectivity index is 1.44. The molecule has 1 aliphatic heterocycles. The fraction of sp³-hybridized carbons (Fsp3) is 0.522. The molecule has 2 heterocycles. The van der Waals surface area contributed by atoms with Crippen molar-refractivity contribution in [3.8, 4) is 11.3 Å². The molecule has 172 valence electrons. The molecule has 0 unspecified atom stereocenters. The van der Waals surface area contributed by atoms with Gasteiger partial charge in [-0.2, -0.15) is 0 Å². The van der Waals surface area contributed by atoms with Crippen LogP contribution in [0.4, 0.5) is 8.78 Å². The van der Waals surface area contributed by atoms with E-state index in [-0.39, 0.29) is 17.0 Å². The summed E-state index contributed by atoms with van der Waals surface area (Å²) >= 11 is 0. The SMILES string of the molecule is CC[C@@H]1CCC[C@H]1N1CC[C@@H](NC(=O)c2cc(-c3ccc(F)cc3F)on2)[C@H](C(=O)O)C1. The minimum atomic E-state index is -0.944. The Labute approximate surface area is 184 Å². The summed E-state index contributed by atoms with van der Waals surface area (Å²) in [6, 6.07) is 4.13. The lowest BCUT2D eigenvalue weighted by molar-refractivity contribution is -0.145. The molecule has 2 fully saturated rings. The van der Waals surface area contributed by atoms with Crippen LogP contribution < -0.4 is 5.32 Å². The Kier molecular flexibility index (Phi) is 6.55. The number of likely N-dealkylation sites (tertiary alicyclic amines) is 1. The highest BCUT2D eigenvalue weighted by atomic mass is 19.1. The number of aromatic nitrogens is 1. The standard InChI is InChI=1S/C23H27F2N3O4/c1-2-13-4-3-5-20(13)28-9-8-18(16(12-28)23(30)31)26-22(29)19-11-21(32-27-19)15-7-6-14(24)10-17(15)25/h6-7,10-11,13,16,18,20H,2-5,8-9,12H2,1H3,(H,26,29)(H,30,31)/t13-,16-,18-,20-/m1/s1. The molecular weight excluding hydrogens is 420 g/mol. The van der Waals surface area contributed by atoms with Crippen LogP contribution in [-0.4, -0.2) is 52.2 Å². The predicted octanol–water partition coefficient (Wildman–Crippen LogP) is 3.70. The number of benzene rings is 1. The van der Waals surface area contributed by atoms with Gasteiger partial charge < -0.3 is 14.9 Å². The molecule has 1 saturated carbocycles. The van der Waals surface area contributed by atoms with Gasteiger partial charge in [0.05, 0.1) is 11.5 Å². The molecule has 32 heavy (non-hydrogen) atoms. The van der Waals surface area contributed by atoms with Gasteiger partial charge in [0, 0.05) is 37.3 Å². The first-order chi connectivity index (χ1) is 15.4. The molecule has 1 amide bonds. The number of aliphatic carboxylic acids is 1. The Morgan fingerprint density at radius 3 is 2.78 bits per heavy atom. The molecule has 0 spiro atoms. The number of hydrogen-bond donors (Lipinski definition) is 2. The zero-order chi connectivity index (χ0) is 22.8. The number of carbonyl (C=O) groups is 2. The van der Waals surface area contributed by atoms with Crippen molar-refractivity contribution in [2.24, 2.45) is 11.8 Å². The predicted molar refractivity (Wildman–Crippen MR) is 112 cm³/mol. The molecule has 0 bridgehead atoms. The van der Waals surface area contributed by atoms with E-state index in [4.69, 9.17) is 4.52 Å². The van der Waals surface area contributed by atoms with Crippen LogP contribution in [0.15, 0.2) is 28.8 Å². The third kappa shape index (κ3) is 4.53. The molecule has 4 atom stereocenters. The van der Waals surface area contributed by atoms with Crippen molar-refractivity contribution in [2.45, 2.75) is 51.1 Å². The summed E-state index contributed by atoms with van der Waals surface area (Å²) in [5.41, 5.74) is -0.103. The van der Waals surface area contributed by atoms with E-state index < -0.39 is 35.5 Å². The third-order valence-electron chi connectivity index (χ3n) is 6.83. The molecule has 1 saturated heterocycles. The van der Waals surface area contributed by atoms with Crippen molar-refractivity contribution in [1.29, 1.82) is 0 Å². The maximum absolute atomic E-state index is 14.0. The molecule has 2 aromatic rings. The highest BCUT2D eigenvalue weighted by Gasteiger charge is 2.40. The summed E-state index contributed by atoms with van der Waals surface area (Å²) in [5, 5.41) is 16.3. The number of nitrogens with zero attached hydrogens (tertiary/aromatic N) is 2. The summed E-state index contributed by atoms with van der Waals surface area (Å²) in [7, 11) is 0. The van der Waals surface area contributed by atoms with Gasteiger partial charge in [-0.3, -0.25) is 14.5 Å². The first-order valence-corrected chi connectivity index (χ1v) is 11.1. The summed E-state index contributed by atoms with van der Waals surface area (Å²) in [6.07, 6.45) is 5.04. The number of carboxylic acids is 1. The number of nitrogens with one attached hydrogen (secondary N) is 1. The van der Waals surface area contributed by atoms with Crippen LogP contribution >= 0.6 is 0 Å². The Hall–Kier alpha value is -2.81. The lowest BCUT2D eigenvalue weighted by atomic mass is 9.89. The second-order valence-corrected chi connectivity index (χ2v) is 8.68. The monoisotopic (exact) mass is 447 g/mol. The molecule has 9 heteroatoms. The van der Waals surface area contributed by atoms with E-state index in [1.54, 1.807) is 0 Å². The summed E-state index contributed by atoms with van der Waals surface area (Å²) in [4.78, 5) is 26.9. The fourth-order valence-electron chi connectivity index (χ4n) is 5.12. The first kappa shape index (κ1) is 22.4. The normalized spacial score (nSPS) is 26.2. The molecule has 1 aromatic carbocycles. The second-order valence-electron chi connectivity index (χ2n) is 8.68. The van der Waals surface area contributed by atoms with Crippen molar-refractivity contribution in [2.75, 3.05) is 13.1 Å². The van der Waals surface area contributed by atoms with Gasteiger partial charge in [0.15, 0.2) is 11.5 Å². The average Bonchev–Trinajstić information content (AvgIpc) is 3.43. The summed E-state index contributed by atoms with van der Waals surface area (Å²) < 4.78 is 32.2. The minimum absolute atomic E-state index is 0.0101. The van der Waals surface area contributed by atoms with Gasteiger partial charge in [0.25, 0.3) is 5.91 Å². The maximum Gasteiger partial charge on any atom is 0.309 e. The van der Waals surface area contributed by atoms with E-state index in [2.05, 4.69) is 22.3 Å². The van der Waals surface area contributed by atoms with Crippen LogP contribution in [0.2, 0.25) is 0 Å². The van der Waals surface area contributed by atoms with Crippen LogP contribution in [0.1, 0.15) is 49.5 Å². The summed E-state index contributed by atoms with van der Waals surface area (Å²) in [5.74, 6) is -3.23. The van der Waals surface area contributed by atoms with Crippen molar-refractivity contribution in [1.82, 2.24) is 15.4 Å². The van der Waals surface area contributed by atoms with Gasteiger partial charge in [-0.25, -0.2) is 8.78 Å². The minimum Gasteiger partial charge on any atom is -0.481 e. The largest absolute Gasteiger partial charge is 0.481 e. The number of carbonyl (C=O) groups excluding carboxylic acids is 1. The van der Waals surface area contributed by atoms with E-state index in [9.17, 15) is 23.5 Å². The van der Waals surface area contributed by atoms with Crippen LogP contribution in [-0.2, 0) is 4.79 Å². The maximum atomic E-state index is 14.0. The third-order valence-corrected chi connectivity index (χ3v) is 6.83. The van der Waals surface area contributed by atoms with E-state index in [1.807, 2.05) is 0 Å². The van der Waals surface area contributed by atoms with Gasteiger partial charge in [-0.1, -0.05) is 24.9 Å². The van der Waals surface area contributed by atoms with E-state index in [0.29, 0.717) is 24.9 Å². The number of carboxylic acid groups (broad SMARTS) is 1. The number of hydrogen-bond acceptors (Lipinski definition) is 5. The van der Waals surface area contributed by atoms with Crippen LogP contribution in [0.25, 0.3) is 11.3 Å². The zero-order valence-electron chi connectivity index (χ0n) is 17.9. The molecule has 2 aliphatic rings. The van der Waals surface area contributed by atoms with Crippen LogP contribution in [0, 0.1) is 23.5 Å². The van der Waals surface area contributed by atoms with E-state index >= 15 is 0 Å². The molecule has 4 rings (SSSR count). The van der Waals surface area contributed by atoms with Gasteiger partial charge in [-0.05, 0) is 37.3 Å². The molecule has 2 N–H and O–H groups in total. The van der Waals surface area contributed by atoms with Gasteiger partial charge in [-0.15, -0.1) is 0 Å². The summed E-state index contributed by atoms with van der Waals surface area (Å²) in [6.45, 7) is 3.29. The first-order valence-electron chi connectivity index (χ1n) is 11.1. The quantitative estimate of drug-likeness (QED) is 0.701. The topological polar surface area (TPSA) is 95.7 Å². The lowest BCUT2D eigenvalue weighted by Gasteiger charge is -2.41. The number of halogens is 2. The Bertz CT molecular complexity index is 995. The highest BCUT2D eigenvalue weighted by Crippen LogP contribution is 2.34. The lowest BCUT2D eigenvalue weighted by Crippen LogP contribution is -2.56. The van der Waals surface area contributed by atoms with E-state index in [1.165, 1.54) is 25.0 Å². The number of piperidine rings is 1. The van der Waals surface area contributed by atoms with Crippen molar-refractivity contribution in [3.63, 3.8) is 0 Å². The van der Waals surface area contributed by atoms with Crippen molar-refractivity contribution < 1.29 is 28.0 Å². The Morgan fingerprint density at radius 2 is 2.06 bits per heavy atom. The van der Waals surface area contributed by atoms with Gasteiger partial charge in [0.2, 0.25) is 0 Å². The molecule has 1 aromatic heterocycles. The number of amides is 1. The average molecular weight is 447 g/mol. The highest BCUT2D eigenvalue weighted by molar-refractivity contribution is 5.93. The smallest absolute Gasteiger partial charge is 0.309 e. The molecule has 1 aliphatic carbocycles. The van der Waals surface area contributed by atoms with Crippen molar-refractivity contribution >= 4 is 11.9 Å². The van der Waals surface area contributed by atoms with E-state index in [0.717, 1.165) is 31.5 Å². The van der Waals surface area contributed by atoms with Crippen LogP contribution in [0.3, 0.4) is 0 Å².